The molecule has 2 aliphatic heterocycles. The largest absolute Gasteiger partial charge is 0.488 e. The first-order chi connectivity index (χ1) is 20.4. The Morgan fingerprint density at radius 2 is 2.10 bits per heavy atom. The molecule has 10 heteroatoms. The number of hydrogen-bond donors (Lipinski definition) is 1. The molecule has 1 aromatic carbocycles. The third kappa shape index (κ3) is 6.46. The Balaban J connectivity index is 1.33. The molecule has 10 nitrogen and oxygen atoms in total. The van der Waals surface area contributed by atoms with Gasteiger partial charge in [0, 0.05) is 25.2 Å². The summed E-state index contributed by atoms with van der Waals surface area (Å²) in [6.07, 6.45) is 4.02. The highest BCUT2D eigenvalue weighted by molar-refractivity contribution is 5.90. The van der Waals surface area contributed by atoms with Crippen molar-refractivity contribution in [1.29, 1.82) is 0 Å². The minimum Gasteiger partial charge on any atom is -0.488 e. The predicted octanol–water partition coefficient (Wildman–Crippen LogP) is 4.44. The van der Waals surface area contributed by atoms with Crippen LogP contribution in [0.2, 0.25) is 0 Å². The molecule has 0 aliphatic carbocycles. The van der Waals surface area contributed by atoms with E-state index in [4.69, 9.17) is 23.9 Å². The quantitative estimate of drug-likeness (QED) is 0.264. The fourth-order valence-electron chi connectivity index (χ4n) is 5.28. The number of pyridine rings is 1. The Kier molecular flexibility index (Phi) is 9.16. The number of carboxylic acids is 1. The van der Waals surface area contributed by atoms with Crippen molar-refractivity contribution in [1.82, 2.24) is 19.7 Å². The molecule has 0 amide bonds. The monoisotopic (exact) mass is 572 g/mol. The van der Waals surface area contributed by atoms with E-state index in [1.165, 1.54) is 29.1 Å². The van der Waals surface area contributed by atoms with Crippen LogP contribution < -0.4 is 4.74 Å². The number of carboxylic acid groups (broad SMARTS) is 1. The molecule has 0 spiro atoms. The number of rotatable bonds is 11. The van der Waals surface area contributed by atoms with E-state index in [0.29, 0.717) is 49.3 Å². The molecule has 4 heterocycles. The van der Waals surface area contributed by atoms with Gasteiger partial charge in [-0.05, 0) is 47.7 Å². The lowest BCUT2D eigenvalue weighted by molar-refractivity contribution is -0.0985. The first-order valence-electron chi connectivity index (χ1n) is 13.9. The number of ether oxygens (including phenoxy) is 4. The maximum atomic E-state index is 11.6. The van der Waals surface area contributed by atoms with Crippen LogP contribution in [-0.4, -0.2) is 76.9 Å². The smallest absolute Gasteiger partial charge is 0.342 e. The molecule has 1 atom stereocenters. The van der Waals surface area contributed by atoms with Gasteiger partial charge in [0.25, 0.3) is 0 Å². The lowest BCUT2D eigenvalue weighted by Gasteiger charge is -2.33. The minimum absolute atomic E-state index is 0.0549. The Hall–Kier alpha value is -4.25. The summed E-state index contributed by atoms with van der Waals surface area (Å²) in [6, 6.07) is 11.9. The van der Waals surface area contributed by atoms with Gasteiger partial charge in [-0.3, -0.25) is 4.90 Å². The summed E-state index contributed by atoms with van der Waals surface area (Å²) in [4.78, 5) is 18.7. The summed E-state index contributed by atoms with van der Waals surface area (Å²) in [7, 11) is 1.39. The highest BCUT2D eigenvalue weighted by atomic mass is 16.6. The summed E-state index contributed by atoms with van der Waals surface area (Å²) in [5, 5.41) is 13.6. The van der Waals surface area contributed by atoms with Crippen LogP contribution in [0.5, 0.6) is 5.88 Å². The van der Waals surface area contributed by atoms with Crippen molar-refractivity contribution in [3.05, 3.63) is 101 Å². The topological polar surface area (TPSA) is 108 Å². The van der Waals surface area contributed by atoms with Gasteiger partial charge in [0.2, 0.25) is 5.88 Å². The fourth-order valence-corrected chi connectivity index (χ4v) is 5.28. The molecule has 1 saturated heterocycles. The Labute approximate surface area is 245 Å². The molecule has 42 heavy (non-hydrogen) atoms. The van der Waals surface area contributed by atoms with E-state index in [1.54, 1.807) is 18.2 Å². The van der Waals surface area contributed by atoms with Crippen LogP contribution in [0.4, 0.5) is 0 Å². The van der Waals surface area contributed by atoms with Crippen molar-refractivity contribution < 1.29 is 28.8 Å². The molecule has 0 saturated carbocycles. The van der Waals surface area contributed by atoms with Crippen LogP contribution in [0.15, 0.2) is 73.2 Å². The number of nitrogens with zero attached hydrogens (tertiary/aromatic N) is 4. The van der Waals surface area contributed by atoms with Gasteiger partial charge < -0.3 is 24.1 Å². The molecule has 1 unspecified atom stereocenters. The predicted molar refractivity (Wildman–Crippen MR) is 158 cm³/mol. The van der Waals surface area contributed by atoms with E-state index in [1.807, 2.05) is 13.0 Å². The number of benzene rings is 1. The zero-order chi connectivity index (χ0) is 29.6. The Morgan fingerprint density at radius 3 is 2.81 bits per heavy atom. The molecule has 1 fully saturated rings. The average Bonchev–Trinajstić information content (AvgIpc) is 3.44. The molecule has 0 bridgehead atoms. The van der Waals surface area contributed by atoms with Crippen LogP contribution in [0, 0.1) is 0 Å². The van der Waals surface area contributed by atoms with E-state index >= 15 is 0 Å². The number of carbonyl (C=O) groups is 1. The normalized spacial score (nSPS) is 17.6. The first-order valence-corrected chi connectivity index (χ1v) is 13.9. The third-order valence-electron chi connectivity index (χ3n) is 7.30. The highest BCUT2D eigenvalue weighted by Gasteiger charge is 2.23. The molecule has 3 aromatic rings. The molecule has 2 aromatic heterocycles. The SMILES string of the molecule is C=C/C(=C(/OCc1ccc2c(c1)CCN(CC1COCCO1)C2)C(=C)C)c1cccc(-n2ncc(C(=O)O)c2OC)n1. The van der Waals surface area contributed by atoms with Gasteiger partial charge >= 0.3 is 5.97 Å². The standard InChI is InChI=1S/C32H36N4O6/c1-5-26(28-7-6-8-29(34-28)36-31(39-4)27(16-33-36)32(37)38)30(21(2)3)42-19-22-9-10-24-17-35(12-11-23(24)15-22)18-25-20-40-13-14-41-25/h5-10,15-16,25H,1-2,11-14,17-20H2,3-4H3,(H,37,38)/b30-26-. The Bertz CT molecular complexity index is 1500. The first kappa shape index (κ1) is 29.2. The van der Waals surface area contributed by atoms with Crippen LogP contribution in [0.1, 0.15) is 39.7 Å². The van der Waals surface area contributed by atoms with E-state index < -0.39 is 5.97 Å². The third-order valence-corrected chi connectivity index (χ3v) is 7.30. The number of fused-ring (bicyclic) bond motifs is 1. The number of allylic oxidation sites excluding steroid dienone is 3. The van der Waals surface area contributed by atoms with Gasteiger partial charge in [-0.2, -0.15) is 9.78 Å². The van der Waals surface area contributed by atoms with Gasteiger partial charge in [0.05, 0.1) is 44.9 Å². The molecule has 2 aliphatic rings. The van der Waals surface area contributed by atoms with Crippen molar-refractivity contribution in [3.63, 3.8) is 0 Å². The lowest BCUT2D eigenvalue weighted by atomic mass is 9.97. The second-order valence-corrected chi connectivity index (χ2v) is 10.3. The number of hydrogen-bond acceptors (Lipinski definition) is 8. The summed E-state index contributed by atoms with van der Waals surface area (Å²) >= 11 is 0. The number of aromatic nitrogens is 3. The highest BCUT2D eigenvalue weighted by Crippen LogP contribution is 2.28. The van der Waals surface area contributed by atoms with E-state index in [9.17, 15) is 9.90 Å². The lowest BCUT2D eigenvalue weighted by Crippen LogP contribution is -2.42. The molecule has 1 N–H and O–H groups in total. The van der Waals surface area contributed by atoms with E-state index in [0.717, 1.165) is 37.2 Å². The van der Waals surface area contributed by atoms with Crippen LogP contribution in [-0.2, 0) is 33.8 Å². The van der Waals surface area contributed by atoms with Crippen LogP contribution >= 0.6 is 0 Å². The van der Waals surface area contributed by atoms with Gasteiger partial charge in [0.1, 0.15) is 17.9 Å². The fraction of sp³-hybridized carbons (Fsp3) is 0.344. The van der Waals surface area contributed by atoms with Gasteiger partial charge in [-0.1, -0.05) is 43.5 Å². The summed E-state index contributed by atoms with van der Waals surface area (Å²) in [5.41, 5.74) is 5.64. The van der Waals surface area contributed by atoms with Gasteiger partial charge in [-0.25, -0.2) is 9.78 Å². The van der Waals surface area contributed by atoms with E-state index in [2.05, 4.69) is 41.4 Å². The summed E-state index contributed by atoms with van der Waals surface area (Å²) in [6.45, 7) is 15.1. The molecular weight excluding hydrogens is 536 g/mol. The second-order valence-electron chi connectivity index (χ2n) is 10.3. The maximum absolute atomic E-state index is 11.6. The van der Waals surface area contributed by atoms with Gasteiger partial charge in [0.15, 0.2) is 5.82 Å². The van der Waals surface area contributed by atoms with Gasteiger partial charge in [-0.15, -0.1) is 0 Å². The van der Waals surface area contributed by atoms with Crippen molar-refractivity contribution in [3.8, 4) is 11.7 Å². The number of aromatic carboxylic acids is 1. The Morgan fingerprint density at radius 1 is 1.24 bits per heavy atom. The molecule has 220 valence electrons. The second kappa shape index (κ2) is 13.2. The summed E-state index contributed by atoms with van der Waals surface area (Å²) in [5.74, 6) is -0.0856. The summed E-state index contributed by atoms with van der Waals surface area (Å²) < 4.78 is 24.4. The molecule has 0 radical (unpaired) electrons. The van der Waals surface area contributed by atoms with Crippen molar-refractivity contribution in [2.24, 2.45) is 0 Å². The van der Waals surface area contributed by atoms with Crippen molar-refractivity contribution in [2.45, 2.75) is 32.6 Å². The number of methoxy groups -OCH3 is 1. The van der Waals surface area contributed by atoms with Crippen LogP contribution in [0.3, 0.4) is 0 Å². The van der Waals surface area contributed by atoms with Crippen molar-refractivity contribution in [2.75, 3.05) is 40.0 Å². The zero-order valence-electron chi connectivity index (χ0n) is 24.0. The van der Waals surface area contributed by atoms with Crippen LogP contribution in [0.25, 0.3) is 11.4 Å². The molecular formula is C32H36N4O6. The molecule has 5 rings (SSSR count). The van der Waals surface area contributed by atoms with Crippen molar-refractivity contribution >= 4 is 11.5 Å². The average molecular weight is 573 g/mol. The maximum Gasteiger partial charge on any atom is 0.342 e. The van der Waals surface area contributed by atoms with E-state index in [-0.39, 0.29) is 17.5 Å². The zero-order valence-corrected chi connectivity index (χ0v) is 24.0. The minimum atomic E-state index is -1.14.